The van der Waals surface area contributed by atoms with Crippen molar-refractivity contribution < 1.29 is 4.92 Å². The van der Waals surface area contributed by atoms with Gasteiger partial charge < -0.3 is 10.2 Å². The molecule has 0 spiro atoms. The number of nitro groups is 1. The normalized spacial score (nSPS) is 16.3. The van der Waals surface area contributed by atoms with Crippen molar-refractivity contribution in [3.8, 4) is 0 Å². The molecule has 1 aromatic heterocycles. The highest BCUT2D eigenvalue weighted by Gasteiger charge is 2.28. The van der Waals surface area contributed by atoms with E-state index in [9.17, 15) is 10.1 Å². The van der Waals surface area contributed by atoms with E-state index >= 15 is 0 Å². The maximum atomic E-state index is 11.3. The first-order chi connectivity index (χ1) is 10.0. The SMILES string of the molecule is CNc1ncnc(N2CCN(CC(C)C)CC2)c1[N+](=O)[O-]. The van der Waals surface area contributed by atoms with Crippen molar-refractivity contribution in [1.82, 2.24) is 14.9 Å². The van der Waals surface area contributed by atoms with Gasteiger partial charge in [-0.2, -0.15) is 0 Å². The molecule has 2 heterocycles. The third-order valence-electron chi connectivity index (χ3n) is 3.52. The largest absolute Gasteiger partial charge is 0.367 e. The summed E-state index contributed by atoms with van der Waals surface area (Å²) in [6.45, 7) is 8.73. The number of aromatic nitrogens is 2. The second kappa shape index (κ2) is 6.66. The van der Waals surface area contributed by atoms with Gasteiger partial charge in [-0.1, -0.05) is 13.8 Å². The summed E-state index contributed by atoms with van der Waals surface area (Å²) in [6.07, 6.45) is 1.37. The molecule has 1 aliphatic rings. The summed E-state index contributed by atoms with van der Waals surface area (Å²) in [7, 11) is 1.62. The second-order valence-electron chi connectivity index (χ2n) is 5.58. The molecule has 2 rings (SSSR count). The fourth-order valence-electron chi connectivity index (χ4n) is 2.61. The first-order valence-corrected chi connectivity index (χ1v) is 7.17. The third kappa shape index (κ3) is 3.57. The number of piperazine rings is 1. The molecule has 1 aromatic rings. The van der Waals surface area contributed by atoms with E-state index in [0.717, 1.165) is 32.7 Å². The molecular weight excluding hydrogens is 272 g/mol. The van der Waals surface area contributed by atoms with Crippen LogP contribution in [0.2, 0.25) is 0 Å². The molecular formula is C13H22N6O2. The minimum atomic E-state index is -0.415. The number of rotatable bonds is 5. The fourth-order valence-corrected chi connectivity index (χ4v) is 2.61. The van der Waals surface area contributed by atoms with Gasteiger partial charge in [0.2, 0.25) is 11.6 Å². The van der Waals surface area contributed by atoms with Crippen LogP contribution < -0.4 is 10.2 Å². The summed E-state index contributed by atoms with van der Waals surface area (Å²) in [6, 6.07) is 0. The lowest BCUT2D eigenvalue weighted by Crippen LogP contribution is -2.47. The molecule has 0 radical (unpaired) electrons. The average molecular weight is 294 g/mol. The zero-order valence-corrected chi connectivity index (χ0v) is 12.7. The molecule has 8 nitrogen and oxygen atoms in total. The molecule has 0 atom stereocenters. The van der Waals surface area contributed by atoms with Gasteiger partial charge in [-0.15, -0.1) is 0 Å². The smallest absolute Gasteiger partial charge is 0.353 e. The molecule has 116 valence electrons. The van der Waals surface area contributed by atoms with E-state index < -0.39 is 4.92 Å². The van der Waals surface area contributed by atoms with Crippen LogP contribution in [0.25, 0.3) is 0 Å². The Kier molecular flexibility index (Phi) is 4.89. The Balaban J connectivity index is 2.15. The topological polar surface area (TPSA) is 87.4 Å². The Morgan fingerprint density at radius 1 is 1.33 bits per heavy atom. The maximum absolute atomic E-state index is 11.3. The summed E-state index contributed by atoms with van der Waals surface area (Å²) >= 11 is 0. The third-order valence-corrected chi connectivity index (χ3v) is 3.52. The Hall–Kier alpha value is -1.96. The zero-order valence-electron chi connectivity index (χ0n) is 12.7. The van der Waals surface area contributed by atoms with Gasteiger partial charge in [0.1, 0.15) is 6.33 Å². The van der Waals surface area contributed by atoms with Crippen LogP contribution in [-0.2, 0) is 0 Å². The van der Waals surface area contributed by atoms with Crippen LogP contribution in [0.5, 0.6) is 0 Å². The molecule has 0 aromatic carbocycles. The summed E-state index contributed by atoms with van der Waals surface area (Å²) in [5.74, 6) is 1.29. The van der Waals surface area contributed by atoms with Crippen molar-refractivity contribution in [2.45, 2.75) is 13.8 Å². The quantitative estimate of drug-likeness (QED) is 0.645. The van der Waals surface area contributed by atoms with E-state index in [4.69, 9.17) is 0 Å². The van der Waals surface area contributed by atoms with Crippen LogP contribution in [-0.4, -0.2) is 59.6 Å². The summed E-state index contributed by atoms with van der Waals surface area (Å²) in [5, 5.41) is 14.1. The number of nitrogens with zero attached hydrogens (tertiary/aromatic N) is 5. The monoisotopic (exact) mass is 294 g/mol. The molecule has 1 aliphatic heterocycles. The molecule has 0 aliphatic carbocycles. The van der Waals surface area contributed by atoms with E-state index in [1.807, 2.05) is 4.90 Å². The zero-order chi connectivity index (χ0) is 15.4. The van der Waals surface area contributed by atoms with Crippen molar-refractivity contribution in [3.63, 3.8) is 0 Å². The highest BCUT2D eigenvalue weighted by molar-refractivity contribution is 5.70. The first-order valence-electron chi connectivity index (χ1n) is 7.17. The first kappa shape index (κ1) is 15.4. The van der Waals surface area contributed by atoms with Crippen molar-refractivity contribution in [2.75, 3.05) is 50.0 Å². The van der Waals surface area contributed by atoms with Crippen LogP contribution in [0.4, 0.5) is 17.3 Å². The molecule has 8 heteroatoms. The van der Waals surface area contributed by atoms with Crippen LogP contribution >= 0.6 is 0 Å². The Morgan fingerprint density at radius 2 is 2.00 bits per heavy atom. The van der Waals surface area contributed by atoms with Crippen molar-refractivity contribution in [3.05, 3.63) is 16.4 Å². The molecule has 0 unspecified atom stereocenters. The standard InChI is InChI=1S/C13H22N6O2/c1-10(2)8-17-4-6-18(7-5-17)13-11(19(20)21)12(14-3)15-9-16-13/h9-10H,4-8H2,1-3H3,(H,14,15,16). The summed E-state index contributed by atoms with van der Waals surface area (Å²) in [5.41, 5.74) is -0.0442. The Bertz CT molecular complexity index is 499. The molecule has 0 saturated carbocycles. The lowest BCUT2D eigenvalue weighted by Gasteiger charge is -2.35. The van der Waals surface area contributed by atoms with Gasteiger partial charge in [-0.05, 0) is 5.92 Å². The van der Waals surface area contributed by atoms with Crippen molar-refractivity contribution in [1.29, 1.82) is 0 Å². The number of nitrogens with one attached hydrogen (secondary N) is 1. The molecule has 0 amide bonds. The van der Waals surface area contributed by atoms with Crippen LogP contribution in [0.1, 0.15) is 13.8 Å². The van der Waals surface area contributed by atoms with Gasteiger partial charge in [0.25, 0.3) is 0 Å². The van der Waals surface area contributed by atoms with Gasteiger partial charge in [0.05, 0.1) is 4.92 Å². The molecule has 0 bridgehead atoms. The highest BCUT2D eigenvalue weighted by atomic mass is 16.6. The number of hydrogen-bond donors (Lipinski definition) is 1. The highest BCUT2D eigenvalue weighted by Crippen LogP contribution is 2.31. The maximum Gasteiger partial charge on any atom is 0.353 e. The average Bonchev–Trinajstić information content (AvgIpc) is 2.46. The van der Waals surface area contributed by atoms with E-state index in [2.05, 4.69) is 34.0 Å². The van der Waals surface area contributed by atoms with Gasteiger partial charge in [-0.3, -0.25) is 15.0 Å². The summed E-state index contributed by atoms with van der Waals surface area (Å²) < 4.78 is 0. The summed E-state index contributed by atoms with van der Waals surface area (Å²) in [4.78, 5) is 23.3. The Morgan fingerprint density at radius 3 is 2.52 bits per heavy atom. The number of hydrogen-bond acceptors (Lipinski definition) is 7. The van der Waals surface area contributed by atoms with E-state index in [0.29, 0.717) is 11.7 Å². The predicted octanol–water partition coefficient (Wildman–Crippen LogP) is 1.20. The lowest BCUT2D eigenvalue weighted by atomic mass is 10.2. The minimum Gasteiger partial charge on any atom is -0.367 e. The minimum absolute atomic E-state index is 0.0442. The van der Waals surface area contributed by atoms with Gasteiger partial charge >= 0.3 is 5.69 Å². The lowest BCUT2D eigenvalue weighted by molar-refractivity contribution is -0.383. The Labute approximate surface area is 124 Å². The van der Waals surface area contributed by atoms with E-state index in [1.54, 1.807) is 7.05 Å². The molecule has 1 saturated heterocycles. The molecule has 1 fully saturated rings. The van der Waals surface area contributed by atoms with Gasteiger partial charge in [-0.25, -0.2) is 9.97 Å². The van der Waals surface area contributed by atoms with Crippen molar-refractivity contribution >= 4 is 17.3 Å². The predicted molar refractivity (Wildman–Crippen MR) is 81.7 cm³/mol. The van der Waals surface area contributed by atoms with Gasteiger partial charge in [0.15, 0.2) is 0 Å². The van der Waals surface area contributed by atoms with Crippen molar-refractivity contribution in [2.24, 2.45) is 5.92 Å². The van der Waals surface area contributed by atoms with Crippen LogP contribution in [0.15, 0.2) is 6.33 Å². The number of anilines is 2. The fraction of sp³-hybridized carbons (Fsp3) is 0.692. The molecule has 21 heavy (non-hydrogen) atoms. The second-order valence-corrected chi connectivity index (χ2v) is 5.58. The van der Waals surface area contributed by atoms with Gasteiger partial charge in [0, 0.05) is 39.8 Å². The van der Waals surface area contributed by atoms with Crippen LogP contribution in [0, 0.1) is 16.0 Å². The van der Waals surface area contributed by atoms with Crippen LogP contribution in [0.3, 0.4) is 0 Å². The van der Waals surface area contributed by atoms with E-state index in [1.165, 1.54) is 6.33 Å². The van der Waals surface area contributed by atoms with E-state index in [-0.39, 0.29) is 11.5 Å². The molecule has 1 N–H and O–H groups in total.